The molecule has 2 aromatic carbocycles. The number of hydrogen-bond donors (Lipinski definition) is 2. The third-order valence-electron chi connectivity index (χ3n) is 4.28. The monoisotopic (exact) mass is 333 g/mol. The number of rotatable bonds is 8. The summed E-state index contributed by atoms with van der Waals surface area (Å²) in [6.07, 6.45) is 5.21. The van der Waals surface area contributed by atoms with Crippen molar-refractivity contribution in [1.29, 1.82) is 0 Å². The molecule has 3 aromatic rings. The number of nitrogens with zero attached hydrogens (tertiary/aromatic N) is 1. The van der Waals surface area contributed by atoms with Gasteiger partial charge in [-0.05, 0) is 18.9 Å². The molecule has 0 spiro atoms. The highest BCUT2D eigenvalue weighted by Crippen LogP contribution is 2.27. The van der Waals surface area contributed by atoms with Gasteiger partial charge in [-0.25, -0.2) is 0 Å². The molecule has 25 heavy (non-hydrogen) atoms. The second-order valence-electron chi connectivity index (χ2n) is 6.13. The molecule has 4 heteroatoms. The van der Waals surface area contributed by atoms with Gasteiger partial charge in [0.15, 0.2) is 5.78 Å². The molecular weight excluding hydrogens is 310 g/mol. The van der Waals surface area contributed by atoms with Crippen molar-refractivity contribution in [2.45, 2.75) is 25.7 Å². The number of Topliss-reactive ketones (excluding diaryl/α,β-unsaturated/α-hetero) is 1. The lowest BCUT2D eigenvalue weighted by Gasteiger charge is -2.12. The summed E-state index contributed by atoms with van der Waals surface area (Å²) in [6.45, 7) is 0.831. The number of carbonyl (C=O) groups is 1. The zero-order valence-corrected chi connectivity index (χ0v) is 14.2. The number of nitrogens with one attached hydrogen (secondary N) is 1. The van der Waals surface area contributed by atoms with Crippen LogP contribution in [0.4, 0.5) is 11.4 Å². The van der Waals surface area contributed by atoms with E-state index in [1.54, 1.807) is 6.20 Å². The van der Waals surface area contributed by atoms with Crippen LogP contribution in [0.15, 0.2) is 60.8 Å². The lowest BCUT2D eigenvalue weighted by molar-refractivity contribution is 0.0979. The second-order valence-corrected chi connectivity index (χ2v) is 6.13. The molecule has 0 unspecified atom stereocenters. The fraction of sp³-hybridized carbons (Fsp3) is 0.238. The van der Waals surface area contributed by atoms with Gasteiger partial charge in [0.1, 0.15) is 0 Å². The van der Waals surface area contributed by atoms with Crippen LogP contribution in [-0.2, 0) is 0 Å². The predicted molar refractivity (Wildman–Crippen MR) is 104 cm³/mol. The first-order valence-corrected chi connectivity index (χ1v) is 8.71. The summed E-state index contributed by atoms with van der Waals surface area (Å²) < 4.78 is 0. The first kappa shape index (κ1) is 17.0. The number of anilines is 2. The van der Waals surface area contributed by atoms with Crippen molar-refractivity contribution in [2.24, 2.45) is 0 Å². The van der Waals surface area contributed by atoms with Crippen LogP contribution in [0.2, 0.25) is 0 Å². The maximum atomic E-state index is 12.1. The molecule has 0 atom stereocenters. The van der Waals surface area contributed by atoms with Crippen molar-refractivity contribution in [3.63, 3.8) is 0 Å². The summed E-state index contributed by atoms with van der Waals surface area (Å²) in [4.78, 5) is 16.4. The zero-order chi connectivity index (χ0) is 17.5. The molecule has 0 fully saturated rings. The van der Waals surface area contributed by atoms with Gasteiger partial charge in [-0.15, -0.1) is 0 Å². The Kier molecular flexibility index (Phi) is 5.62. The summed E-state index contributed by atoms with van der Waals surface area (Å²) in [5, 5.41) is 4.47. The van der Waals surface area contributed by atoms with Gasteiger partial charge in [0.05, 0.1) is 23.1 Å². The van der Waals surface area contributed by atoms with Crippen LogP contribution in [0.1, 0.15) is 36.0 Å². The molecule has 0 saturated carbocycles. The van der Waals surface area contributed by atoms with Gasteiger partial charge in [0, 0.05) is 23.9 Å². The molecule has 128 valence electrons. The molecule has 4 nitrogen and oxygen atoms in total. The molecular formula is C21H23N3O. The Hall–Kier alpha value is -2.88. The summed E-state index contributed by atoms with van der Waals surface area (Å²) in [5.41, 5.74) is 9.42. The molecule has 0 aliphatic heterocycles. The highest BCUT2D eigenvalue weighted by molar-refractivity contribution is 5.97. The highest BCUT2D eigenvalue weighted by atomic mass is 16.1. The Morgan fingerprint density at radius 1 is 0.960 bits per heavy atom. The van der Waals surface area contributed by atoms with Gasteiger partial charge < -0.3 is 11.1 Å². The fourth-order valence-corrected chi connectivity index (χ4v) is 2.92. The molecule has 0 aliphatic rings. The smallest absolute Gasteiger partial charge is 0.162 e. The molecule has 0 saturated heterocycles. The number of pyridine rings is 1. The molecule has 3 N–H and O–H groups in total. The van der Waals surface area contributed by atoms with Crippen molar-refractivity contribution >= 4 is 28.1 Å². The van der Waals surface area contributed by atoms with Crippen LogP contribution in [0.25, 0.3) is 10.9 Å². The SMILES string of the molecule is Nc1cnc2ccccc2c1NCCCCCC(=O)c1ccccc1. The van der Waals surface area contributed by atoms with E-state index >= 15 is 0 Å². The van der Waals surface area contributed by atoms with Crippen molar-refractivity contribution in [3.05, 3.63) is 66.4 Å². The van der Waals surface area contributed by atoms with E-state index in [1.165, 1.54) is 0 Å². The van der Waals surface area contributed by atoms with Crippen molar-refractivity contribution in [2.75, 3.05) is 17.6 Å². The van der Waals surface area contributed by atoms with Crippen molar-refractivity contribution in [3.8, 4) is 0 Å². The average molecular weight is 333 g/mol. The van der Waals surface area contributed by atoms with E-state index in [-0.39, 0.29) is 5.78 Å². The van der Waals surface area contributed by atoms with Crippen molar-refractivity contribution < 1.29 is 4.79 Å². The van der Waals surface area contributed by atoms with E-state index < -0.39 is 0 Å². The third kappa shape index (κ3) is 4.35. The minimum absolute atomic E-state index is 0.220. The van der Waals surface area contributed by atoms with Gasteiger partial charge in [-0.3, -0.25) is 9.78 Å². The number of nitrogen functional groups attached to an aromatic ring is 1. The highest BCUT2D eigenvalue weighted by Gasteiger charge is 2.06. The maximum Gasteiger partial charge on any atom is 0.162 e. The Morgan fingerprint density at radius 2 is 1.72 bits per heavy atom. The van der Waals surface area contributed by atoms with Crippen molar-refractivity contribution in [1.82, 2.24) is 4.98 Å². The van der Waals surface area contributed by atoms with E-state index in [0.29, 0.717) is 12.1 Å². The van der Waals surface area contributed by atoms with E-state index in [9.17, 15) is 4.79 Å². The second kappa shape index (κ2) is 8.29. The first-order chi connectivity index (χ1) is 12.3. The molecule has 3 rings (SSSR count). The van der Waals surface area contributed by atoms with Gasteiger partial charge in [0.25, 0.3) is 0 Å². The summed E-state index contributed by atoms with van der Waals surface area (Å²) in [5.74, 6) is 0.220. The average Bonchev–Trinajstić information content (AvgIpc) is 2.66. The van der Waals surface area contributed by atoms with E-state index in [1.807, 2.05) is 54.6 Å². The summed E-state index contributed by atoms with van der Waals surface area (Å²) >= 11 is 0. The zero-order valence-electron chi connectivity index (χ0n) is 14.2. The molecule has 0 aliphatic carbocycles. The number of unbranched alkanes of at least 4 members (excludes halogenated alkanes) is 2. The van der Waals surface area contributed by atoms with E-state index in [2.05, 4.69) is 10.3 Å². The maximum absolute atomic E-state index is 12.1. The van der Waals surface area contributed by atoms with Gasteiger partial charge in [0.2, 0.25) is 0 Å². The number of nitrogens with two attached hydrogens (primary N) is 1. The standard InChI is InChI=1S/C21H23N3O/c22-18-15-24-19-12-7-6-11-17(19)21(18)23-14-8-2-5-13-20(25)16-9-3-1-4-10-16/h1,3-4,6-7,9-12,15H,2,5,8,13-14,22H2,(H,23,24). The minimum atomic E-state index is 0.220. The van der Waals surface area contributed by atoms with Crippen LogP contribution in [0, 0.1) is 0 Å². The number of aromatic nitrogens is 1. The quantitative estimate of drug-likeness (QED) is 0.464. The summed E-state index contributed by atoms with van der Waals surface area (Å²) in [6, 6.07) is 17.5. The normalized spacial score (nSPS) is 10.7. The van der Waals surface area contributed by atoms with Crippen LogP contribution >= 0.6 is 0 Å². The number of hydrogen-bond acceptors (Lipinski definition) is 4. The van der Waals surface area contributed by atoms with Gasteiger partial charge in [-0.1, -0.05) is 55.0 Å². The van der Waals surface area contributed by atoms with Crippen LogP contribution < -0.4 is 11.1 Å². The molecule has 1 heterocycles. The van der Waals surface area contributed by atoms with Gasteiger partial charge >= 0.3 is 0 Å². The lowest BCUT2D eigenvalue weighted by atomic mass is 10.0. The number of fused-ring (bicyclic) bond motifs is 1. The summed E-state index contributed by atoms with van der Waals surface area (Å²) in [7, 11) is 0. The Balaban J connectivity index is 1.45. The minimum Gasteiger partial charge on any atom is -0.396 e. The molecule has 0 bridgehead atoms. The lowest BCUT2D eigenvalue weighted by Crippen LogP contribution is -2.06. The number of carbonyl (C=O) groups excluding carboxylic acids is 1. The molecule has 0 radical (unpaired) electrons. The molecule has 0 amide bonds. The number of para-hydroxylation sites is 1. The van der Waals surface area contributed by atoms with Crippen LogP contribution in [0.5, 0.6) is 0 Å². The van der Waals surface area contributed by atoms with E-state index in [0.717, 1.165) is 48.0 Å². The Labute approximate surface area is 148 Å². The largest absolute Gasteiger partial charge is 0.396 e. The third-order valence-corrected chi connectivity index (χ3v) is 4.28. The Morgan fingerprint density at radius 3 is 2.56 bits per heavy atom. The predicted octanol–water partition coefficient (Wildman–Crippen LogP) is 4.67. The van der Waals surface area contributed by atoms with Crippen LogP contribution in [-0.4, -0.2) is 17.3 Å². The number of ketones is 1. The van der Waals surface area contributed by atoms with Crippen LogP contribution in [0.3, 0.4) is 0 Å². The topological polar surface area (TPSA) is 68.0 Å². The number of benzene rings is 2. The fourth-order valence-electron chi connectivity index (χ4n) is 2.92. The Bertz CT molecular complexity index is 846. The van der Waals surface area contributed by atoms with Gasteiger partial charge in [-0.2, -0.15) is 0 Å². The molecule has 1 aromatic heterocycles. The first-order valence-electron chi connectivity index (χ1n) is 8.71. The van der Waals surface area contributed by atoms with E-state index in [4.69, 9.17) is 5.73 Å².